The molecule has 1 aliphatic carbocycles. The van der Waals surface area contributed by atoms with Crippen LogP contribution in [0.3, 0.4) is 0 Å². The van der Waals surface area contributed by atoms with Crippen molar-refractivity contribution >= 4 is 18.3 Å². The summed E-state index contributed by atoms with van der Waals surface area (Å²) < 4.78 is 0. The summed E-state index contributed by atoms with van der Waals surface area (Å²) in [6, 6.07) is 0. The van der Waals surface area contributed by atoms with Crippen LogP contribution in [-0.4, -0.2) is 29.4 Å². The number of carbonyl (C=O) groups is 1. The van der Waals surface area contributed by atoms with Gasteiger partial charge in [0.2, 0.25) is 5.91 Å². The van der Waals surface area contributed by atoms with E-state index in [1.54, 1.807) is 0 Å². The van der Waals surface area contributed by atoms with Crippen LogP contribution in [0.1, 0.15) is 52.4 Å². The lowest BCUT2D eigenvalue weighted by molar-refractivity contribution is -0.140. The van der Waals surface area contributed by atoms with Crippen LogP contribution in [0.2, 0.25) is 0 Å². The summed E-state index contributed by atoms with van der Waals surface area (Å²) in [5, 5.41) is 0. The molecule has 18 heavy (non-hydrogen) atoms. The maximum absolute atomic E-state index is 12.6. The van der Waals surface area contributed by atoms with Crippen LogP contribution in [0.5, 0.6) is 0 Å². The number of piperidine rings is 1. The highest BCUT2D eigenvalue weighted by Gasteiger charge is 2.40. The van der Waals surface area contributed by atoms with Crippen molar-refractivity contribution in [2.45, 2.75) is 57.9 Å². The number of amides is 1. The van der Waals surface area contributed by atoms with Gasteiger partial charge in [-0.2, -0.15) is 0 Å². The number of nitrogens with zero attached hydrogens (tertiary/aromatic N) is 1. The molecule has 0 spiro atoms. The Morgan fingerprint density at radius 3 is 2.61 bits per heavy atom. The Morgan fingerprint density at radius 2 is 2.00 bits per heavy atom. The zero-order chi connectivity index (χ0) is 12.5. The van der Waals surface area contributed by atoms with Gasteiger partial charge in [-0.25, -0.2) is 0 Å². The van der Waals surface area contributed by atoms with Crippen molar-refractivity contribution in [2.24, 2.45) is 17.6 Å². The van der Waals surface area contributed by atoms with Crippen molar-refractivity contribution in [2.75, 3.05) is 13.1 Å². The van der Waals surface area contributed by atoms with E-state index in [-0.39, 0.29) is 23.9 Å². The van der Waals surface area contributed by atoms with E-state index in [1.165, 1.54) is 12.8 Å². The van der Waals surface area contributed by atoms with Gasteiger partial charge in [0.15, 0.2) is 0 Å². The largest absolute Gasteiger partial charge is 0.342 e. The van der Waals surface area contributed by atoms with Crippen LogP contribution in [0.25, 0.3) is 0 Å². The highest BCUT2D eigenvalue weighted by molar-refractivity contribution is 5.85. The molecule has 2 N–H and O–H groups in total. The Bertz CT molecular complexity index is 294. The minimum Gasteiger partial charge on any atom is -0.342 e. The van der Waals surface area contributed by atoms with Gasteiger partial charge in [-0.15, -0.1) is 12.4 Å². The molecule has 2 aliphatic rings. The predicted molar refractivity (Wildman–Crippen MR) is 76.8 cm³/mol. The lowest BCUT2D eigenvalue weighted by Crippen LogP contribution is -2.55. The van der Waals surface area contributed by atoms with Crippen LogP contribution in [0, 0.1) is 11.8 Å². The van der Waals surface area contributed by atoms with E-state index in [4.69, 9.17) is 5.73 Å². The van der Waals surface area contributed by atoms with Crippen LogP contribution < -0.4 is 5.73 Å². The molecule has 3 nitrogen and oxygen atoms in total. The molecule has 0 bridgehead atoms. The molecule has 0 aromatic rings. The minimum absolute atomic E-state index is 0. The van der Waals surface area contributed by atoms with Crippen LogP contribution >= 0.6 is 12.4 Å². The van der Waals surface area contributed by atoms with Gasteiger partial charge in [-0.05, 0) is 38.5 Å². The van der Waals surface area contributed by atoms with Gasteiger partial charge in [-0.3, -0.25) is 4.79 Å². The van der Waals surface area contributed by atoms with Crippen molar-refractivity contribution in [3.63, 3.8) is 0 Å². The van der Waals surface area contributed by atoms with Crippen molar-refractivity contribution in [3.05, 3.63) is 0 Å². The SMILES string of the molecule is CC1CCCN(C(=O)C2CCCCC2(C)N)C1.Cl. The van der Waals surface area contributed by atoms with Crippen LogP contribution in [0.4, 0.5) is 0 Å². The maximum Gasteiger partial charge on any atom is 0.227 e. The molecule has 1 aliphatic heterocycles. The number of carbonyl (C=O) groups excluding carboxylic acids is 1. The lowest BCUT2D eigenvalue weighted by atomic mass is 9.73. The summed E-state index contributed by atoms with van der Waals surface area (Å²) in [5.41, 5.74) is 6.04. The predicted octanol–water partition coefficient (Wildman–Crippen LogP) is 2.57. The van der Waals surface area contributed by atoms with E-state index < -0.39 is 0 Å². The minimum atomic E-state index is -0.282. The summed E-state index contributed by atoms with van der Waals surface area (Å²) in [5.74, 6) is 1.03. The Hall–Kier alpha value is -0.280. The molecule has 0 radical (unpaired) electrons. The average Bonchev–Trinajstić information content (AvgIpc) is 2.27. The first-order chi connectivity index (χ1) is 8.00. The fourth-order valence-corrected chi connectivity index (χ4v) is 3.37. The molecule has 2 rings (SSSR count). The zero-order valence-corrected chi connectivity index (χ0v) is 12.5. The van der Waals surface area contributed by atoms with Crippen molar-refractivity contribution in [1.82, 2.24) is 4.90 Å². The molecule has 0 aromatic carbocycles. The Balaban J connectivity index is 0.00000162. The van der Waals surface area contributed by atoms with Gasteiger partial charge in [0, 0.05) is 18.6 Å². The van der Waals surface area contributed by atoms with Crippen LogP contribution in [0.15, 0.2) is 0 Å². The van der Waals surface area contributed by atoms with Crippen molar-refractivity contribution in [3.8, 4) is 0 Å². The van der Waals surface area contributed by atoms with Crippen molar-refractivity contribution < 1.29 is 4.79 Å². The number of nitrogens with two attached hydrogens (primary N) is 1. The first-order valence-electron chi connectivity index (χ1n) is 7.08. The summed E-state index contributed by atoms with van der Waals surface area (Å²) >= 11 is 0. The lowest BCUT2D eigenvalue weighted by Gasteiger charge is -2.41. The molecular formula is C14H27ClN2O. The van der Waals surface area contributed by atoms with E-state index in [0.717, 1.165) is 38.8 Å². The molecule has 2 fully saturated rings. The molecule has 3 unspecified atom stereocenters. The van der Waals surface area contributed by atoms with E-state index in [9.17, 15) is 4.79 Å². The number of hydrogen-bond acceptors (Lipinski definition) is 2. The maximum atomic E-state index is 12.6. The normalized spacial score (nSPS) is 36.9. The molecule has 1 saturated carbocycles. The molecule has 0 aromatic heterocycles. The first-order valence-corrected chi connectivity index (χ1v) is 7.08. The third-order valence-electron chi connectivity index (χ3n) is 4.52. The quantitative estimate of drug-likeness (QED) is 0.799. The zero-order valence-electron chi connectivity index (χ0n) is 11.7. The fourth-order valence-electron chi connectivity index (χ4n) is 3.37. The Labute approximate surface area is 117 Å². The summed E-state index contributed by atoms with van der Waals surface area (Å²) in [7, 11) is 0. The third kappa shape index (κ3) is 3.39. The van der Waals surface area contributed by atoms with Crippen molar-refractivity contribution in [1.29, 1.82) is 0 Å². The van der Waals surface area contributed by atoms with E-state index in [2.05, 4.69) is 18.7 Å². The fraction of sp³-hybridized carbons (Fsp3) is 0.929. The first kappa shape index (κ1) is 15.8. The standard InChI is InChI=1S/C14H26N2O.ClH/c1-11-6-5-9-16(10-11)13(17)12-7-3-4-8-14(12,2)15;/h11-12H,3-10,15H2,1-2H3;1H. The molecule has 106 valence electrons. The molecule has 1 amide bonds. The third-order valence-corrected chi connectivity index (χ3v) is 4.52. The highest BCUT2D eigenvalue weighted by Crippen LogP contribution is 2.33. The molecule has 1 heterocycles. The molecule has 3 atom stereocenters. The van der Waals surface area contributed by atoms with E-state index in [1.807, 2.05) is 0 Å². The molecular weight excluding hydrogens is 248 g/mol. The highest BCUT2D eigenvalue weighted by atomic mass is 35.5. The number of hydrogen-bond donors (Lipinski definition) is 1. The number of rotatable bonds is 1. The smallest absolute Gasteiger partial charge is 0.227 e. The van der Waals surface area contributed by atoms with Gasteiger partial charge in [0.1, 0.15) is 0 Å². The summed E-state index contributed by atoms with van der Waals surface area (Å²) in [6.45, 7) is 6.17. The van der Waals surface area contributed by atoms with Crippen LogP contribution in [-0.2, 0) is 4.79 Å². The number of likely N-dealkylation sites (tertiary alicyclic amines) is 1. The molecule has 4 heteroatoms. The van der Waals surface area contributed by atoms with Gasteiger partial charge in [0.05, 0.1) is 5.92 Å². The Kier molecular flexibility index (Phi) is 5.47. The topological polar surface area (TPSA) is 46.3 Å². The summed E-state index contributed by atoms with van der Waals surface area (Å²) in [4.78, 5) is 14.6. The Morgan fingerprint density at radius 1 is 1.28 bits per heavy atom. The second kappa shape index (κ2) is 6.25. The van der Waals surface area contributed by atoms with E-state index >= 15 is 0 Å². The second-order valence-electron chi connectivity index (χ2n) is 6.34. The number of halogens is 1. The van der Waals surface area contributed by atoms with Gasteiger partial charge >= 0.3 is 0 Å². The van der Waals surface area contributed by atoms with Gasteiger partial charge < -0.3 is 10.6 Å². The van der Waals surface area contributed by atoms with Gasteiger partial charge in [-0.1, -0.05) is 19.8 Å². The van der Waals surface area contributed by atoms with Gasteiger partial charge in [0.25, 0.3) is 0 Å². The second-order valence-corrected chi connectivity index (χ2v) is 6.34. The average molecular weight is 275 g/mol. The molecule has 1 saturated heterocycles. The summed E-state index contributed by atoms with van der Waals surface area (Å²) in [6.07, 6.45) is 6.72. The monoisotopic (exact) mass is 274 g/mol. The van der Waals surface area contributed by atoms with E-state index in [0.29, 0.717) is 11.8 Å².